The van der Waals surface area contributed by atoms with Crippen LogP contribution >= 0.6 is 0 Å². The molecule has 0 saturated carbocycles. The average Bonchev–Trinajstić information content (AvgIpc) is 1.38. The topological polar surface area (TPSA) is 60.7 Å². The van der Waals surface area contributed by atoms with Crippen LogP contribution in [0.5, 0.6) is 0 Å². The monoisotopic (exact) mass is 93.0 g/mol. The number of aliphatic hydroxyl groups is 1. The molecule has 0 heterocycles. The first-order valence-corrected chi connectivity index (χ1v) is 2.72. The fourth-order valence-electron chi connectivity index (χ4n) is 0. The van der Waals surface area contributed by atoms with Gasteiger partial charge in [-0.15, -0.1) is 0 Å². The van der Waals surface area contributed by atoms with Crippen LogP contribution in [0.1, 0.15) is 0 Å². The van der Waals surface area contributed by atoms with E-state index < -0.39 is 15.5 Å². The molecule has 0 amide bonds. The van der Waals surface area contributed by atoms with Crippen molar-refractivity contribution in [1.82, 2.24) is 0 Å². The number of hydrogen-bond donors (Lipinski definition) is 3. The van der Waals surface area contributed by atoms with Crippen LogP contribution in [0.2, 0.25) is 0 Å². The Bertz CT molecular complexity index is 20.9. The zero-order chi connectivity index (χ0) is 4.28. The Kier molecular flexibility index (Phi) is 2.39. The minimum absolute atomic E-state index is 0.481. The highest BCUT2D eigenvalue weighted by Gasteiger charge is 1.95. The summed E-state index contributed by atoms with van der Waals surface area (Å²) in [6.07, 6.45) is -0.481. The molecule has 0 spiro atoms. The molecule has 0 bridgehead atoms. The summed E-state index contributed by atoms with van der Waals surface area (Å²) in [6.45, 7) is 0. The summed E-state index contributed by atoms with van der Waals surface area (Å²) in [5.74, 6) is 0. The minimum Gasteiger partial charge on any atom is -0.408 e. The molecule has 0 atom stereocenters. The normalized spacial score (nSPS) is 9.60. The van der Waals surface area contributed by atoms with Crippen LogP contribution < -0.4 is 0 Å². The lowest BCUT2D eigenvalue weighted by molar-refractivity contribution is 0.291. The quantitative estimate of drug-likeness (QED) is 0.328. The molecular formula is CH5O3Si. The lowest BCUT2D eigenvalue weighted by Crippen LogP contribution is -2.16. The Morgan fingerprint density at radius 2 is 1.60 bits per heavy atom. The van der Waals surface area contributed by atoms with Gasteiger partial charge >= 0.3 is 9.28 Å². The average molecular weight is 93.1 g/mol. The Morgan fingerprint density at radius 3 is 1.60 bits per heavy atom. The Hall–Kier alpha value is 0.0969. The van der Waals surface area contributed by atoms with Gasteiger partial charge in [0, 0.05) is 0 Å². The summed E-state index contributed by atoms with van der Waals surface area (Å²) in [5.41, 5.74) is 0. The van der Waals surface area contributed by atoms with Gasteiger partial charge in [-0.05, 0) is 0 Å². The van der Waals surface area contributed by atoms with Crippen molar-refractivity contribution >= 4 is 9.28 Å². The van der Waals surface area contributed by atoms with E-state index in [1.807, 2.05) is 0 Å². The van der Waals surface area contributed by atoms with Crippen LogP contribution in [-0.4, -0.2) is 30.2 Å². The summed E-state index contributed by atoms with van der Waals surface area (Å²) in [7, 11) is -2.32. The largest absolute Gasteiger partial charge is 0.408 e. The molecule has 0 unspecified atom stereocenters. The number of aliphatic hydroxyl groups excluding tert-OH is 1. The van der Waals surface area contributed by atoms with Crippen molar-refractivity contribution in [2.24, 2.45) is 0 Å². The van der Waals surface area contributed by atoms with E-state index in [1.54, 1.807) is 0 Å². The molecule has 3 N–H and O–H groups in total. The molecule has 0 aliphatic carbocycles. The molecule has 4 heteroatoms. The zero-order valence-electron chi connectivity index (χ0n) is 2.55. The third kappa shape index (κ3) is 4.10. The van der Waals surface area contributed by atoms with E-state index in [2.05, 4.69) is 0 Å². The standard InChI is InChI=1S/CH5O3Si/c2-1-5(3)4/h2-4H,1H2. The van der Waals surface area contributed by atoms with Crippen molar-refractivity contribution in [3.8, 4) is 0 Å². The Labute approximate surface area is 31.3 Å². The molecule has 0 aliphatic rings. The molecule has 3 nitrogen and oxygen atoms in total. The Morgan fingerprint density at radius 1 is 1.40 bits per heavy atom. The smallest absolute Gasteiger partial charge is 0.407 e. The molecule has 0 rings (SSSR count). The van der Waals surface area contributed by atoms with E-state index in [4.69, 9.17) is 14.7 Å². The lowest BCUT2D eigenvalue weighted by atomic mass is 11.7. The summed E-state index contributed by atoms with van der Waals surface area (Å²) in [4.78, 5) is 15.5. The molecule has 0 aliphatic heterocycles. The first kappa shape index (κ1) is 5.10. The van der Waals surface area contributed by atoms with Crippen LogP contribution in [0, 0.1) is 0 Å². The van der Waals surface area contributed by atoms with Crippen molar-refractivity contribution in [3.05, 3.63) is 0 Å². The molecule has 0 aromatic heterocycles. The fraction of sp³-hybridized carbons (Fsp3) is 1.00. The lowest BCUT2D eigenvalue weighted by Gasteiger charge is -1.83. The van der Waals surface area contributed by atoms with Gasteiger partial charge in [-0.3, -0.25) is 0 Å². The van der Waals surface area contributed by atoms with Crippen LogP contribution in [0.3, 0.4) is 0 Å². The third-order valence-corrected chi connectivity index (χ3v) is 0.424. The van der Waals surface area contributed by atoms with Crippen LogP contribution in [-0.2, 0) is 0 Å². The van der Waals surface area contributed by atoms with E-state index in [0.29, 0.717) is 0 Å². The van der Waals surface area contributed by atoms with Gasteiger partial charge < -0.3 is 14.7 Å². The van der Waals surface area contributed by atoms with Crippen LogP contribution in [0.4, 0.5) is 0 Å². The first-order chi connectivity index (χ1) is 2.27. The molecule has 0 aromatic rings. The van der Waals surface area contributed by atoms with Gasteiger partial charge in [0.15, 0.2) is 0 Å². The van der Waals surface area contributed by atoms with E-state index in [0.717, 1.165) is 0 Å². The highest BCUT2D eigenvalue weighted by atomic mass is 28.3. The second-order valence-corrected chi connectivity index (χ2v) is 1.72. The van der Waals surface area contributed by atoms with Gasteiger partial charge in [0.1, 0.15) is 0 Å². The SMILES string of the molecule is OC[Si](O)O. The maximum Gasteiger partial charge on any atom is 0.407 e. The second-order valence-electron chi connectivity index (χ2n) is 0.574. The van der Waals surface area contributed by atoms with E-state index in [9.17, 15) is 0 Å². The molecule has 0 saturated heterocycles. The summed E-state index contributed by atoms with van der Waals surface area (Å²) in [6, 6.07) is 0. The fourth-order valence-corrected chi connectivity index (χ4v) is 0. The van der Waals surface area contributed by atoms with Crippen molar-refractivity contribution in [3.63, 3.8) is 0 Å². The summed E-state index contributed by atoms with van der Waals surface area (Å²) >= 11 is 0. The van der Waals surface area contributed by atoms with Gasteiger partial charge in [-0.2, -0.15) is 0 Å². The van der Waals surface area contributed by atoms with E-state index in [1.165, 1.54) is 0 Å². The van der Waals surface area contributed by atoms with E-state index >= 15 is 0 Å². The maximum atomic E-state index is 7.77. The first-order valence-electron chi connectivity index (χ1n) is 1.12. The minimum atomic E-state index is -2.32. The Balaban J connectivity index is 2.54. The van der Waals surface area contributed by atoms with Crippen molar-refractivity contribution < 1.29 is 14.7 Å². The van der Waals surface area contributed by atoms with Crippen LogP contribution in [0.25, 0.3) is 0 Å². The predicted octanol–water partition coefficient (Wildman–Crippen LogP) is -2.01. The third-order valence-electron chi connectivity index (χ3n) is 0.141. The molecular weight excluding hydrogens is 88.1 g/mol. The van der Waals surface area contributed by atoms with Gasteiger partial charge in [0.05, 0.1) is 6.23 Å². The van der Waals surface area contributed by atoms with E-state index in [-0.39, 0.29) is 0 Å². The maximum absolute atomic E-state index is 7.77. The number of rotatable bonds is 1. The second kappa shape index (κ2) is 2.34. The van der Waals surface area contributed by atoms with Gasteiger partial charge in [-0.25, -0.2) is 0 Å². The van der Waals surface area contributed by atoms with Crippen molar-refractivity contribution in [2.75, 3.05) is 6.23 Å². The molecule has 0 fully saturated rings. The summed E-state index contributed by atoms with van der Waals surface area (Å²) < 4.78 is 0. The van der Waals surface area contributed by atoms with Crippen molar-refractivity contribution in [1.29, 1.82) is 0 Å². The van der Waals surface area contributed by atoms with Gasteiger partial charge in [-0.1, -0.05) is 0 Å². The van der Waals surface area contributed by atoms with Crippen LogP contribution in [0.15, 0.2) is 0 Å². The highest BCUT2D eigenvalue weighted by molar-refractivity contribution is 6.40. The van der Waals surface area contributed by atoms with Crippen molar-refractivity contribution in [2.45, 2.75) is 0 Å². The molecule has 1 radical (unpaired) electrons. The zero-order valence-corrected chi connectivity index (χ0v) is 3.55. The van der Waals surface area contributed by atoms with Gasteiger partial charge in [0.2, 0.25) is 0 Å². The number of hydrogen-bond acceptors (Lipinski definition) is 3. The predicted molar refractivity (Wildman–Crippen MR) is 17.3 cm³/mol. The summed E-state index contributed by atoms with van der Waals surface area (Å²) in [5, 5.41) is 7.69. The molecule has 5 heavy (non-hydrogen) atoms. The highest BCUT2D eigenvalue weighted by Crippen LogP contribution is 1.54. The molecule has 0 aromatic carbocycles. The molecule has 31 valence electrons. The van der Waals surface area contributed by atoms with Gasteiger partial charge in [0.25, 0.3) is 0 Å².